The first kappa shape index (κ1) is 17.1. The van der Waals surface area contributed by atoms with Crippen LogP contribution in [0.1, 0.15) is 0 Å². The highest BCUT2D eigenvalue weighted by Gasteiger charge is 2.28. The number of hydrogen-bond acceptors (Lipinski definition) is 4. The van der Waals surface area contributed by atoms with Gasteiger partial charge in [0.15, 0.2) is 23.0 Å². The summed E-state index contributed by atoms with van der Waals surface area (Å²) in [6.07, 6.45) is 5.83. The maximum absolute atomic E-state index is 6.07. The maximum atomic E-state index is 6.07. The first-order chi connectivity index (χ1) is 11.6. The van der Waals surface area contributed by atoms with Crippen molar-refractivity contribution in [3.05, 3.63) is 69.4 Å². The molecule has 8 heteroatoms. The zero-order chi connectivity index (χ0) is 17.1. The van der Waals surface area contributed by atoms with Crippen molar-refractivity contribution in [2.75, 3.05) is 0 Å². The van der Waals surface area contributed by atoms with E-state index in [2.05, 4.69) is 9.47 Å². The first-order valence-electron chi connectivity index (χ1n) is 6.51. The second-order valence-electron chi connectivity index (χ2n) is 4.38. The Labute approximate surface area is 157 Å². The number of hydrogen-bond donors (Lipinski definition) is 0. The molecular weight excluding hydrogens is 398 g/mol. The minimum Gasteiger partial charge on any atom is -0.466 e. The van der Waals surface area contributed by atoms with Gasteiger partial charge < -0.3 is 18.9 Å². The van der Waals surface area contributed by atoms with Gasteiger partial charge in [-0.3, -0.25) is 0 Å². The van der Waals surface area contributed by atoms with Crippen LogP contribution in [0.2, 0.25) is 20.1 Å². The number of rotatable bonds is 0. The Morgan fingerprint density at radius 2 is 0.917 bits per heavy atom. The molecule has 2 aliphatic rings. The smallest absolute Gasteiger partial charge is 0.191 e. The molecule has 2 heterocycles. The first-order valence-corrected chi connectivity index (χ1v) is 8.02. The number of fused-ring (bicyclic) bond motifs is 2. The van der Waals surface area contributed by atoms with Gasteiger partial charge in [-0.15, -0.1) is 0 Å². The van der Waals surface area contributed by atoms with E-state index in [-0.39, 0.29) is 31.6 Å². The van der Waals surface area contributed by atoms with Crippen molar-refractivity contribution >= 4 is 46.4 Å². The van der Waals surface area contributed by atoms with E-state index < -0.39 is 0 Å². The Bertz CT molecular complexity index is 757. The van der Waals surface area contributed by atoms with Gasteiger partial charge in [0.2, 0.25) is 0 Å². The van der Waals surface area contributed by atoms with Gasteiger partial charge in [0.05, 0.1) is 10.0 Å². The molecule has 0 aliphatic carbocycles. The van der Waals surface area contributed by atoms with Crippen LogP contribution >= 0.6 is 46.4 Å². The molecule has 0 aromatic heterocycles. The van der Waals surface area contributed by atoms with Gasteiger partial charge in [-0.05, 0) is 12.1 Å². The summed E-state index contributed by atoms with van der Waals surface area (Å²) in [5, 5.41) is 0.640. The molecule has 0 saturated heterocycles. The number of halogens is 4. The van der Waals surface area contributed by atoms with E-state index in [9.17, 15) is 0 Å². The highest BCUT2D eigenvalue weighted by Crippen LogP contribution is 2.56. The van der Waals surface area contributed by atoms with Crippen molar-refractivity contribution in [1.82, 2.24) is 0 Å². The minimum absolute atomic E-state index is 0.144. The van der Waals surface area contributed by atoms with Crippen molar-refractivity contribution < 1.29 is 18.9 Å². The van der Waals surface area contributed by atoms with Crippen molar-refractivity contribution in [1.29, 1.82) is 0 Å². The molecule has 124 valence electrons. The Balaban J connectivity index is 0.000000238. The number of para-hydroxylation sites is 2. The zero-order valence-electron chi connectivity index (χ0n) is 11.8. The van der Waals surface area contributed by atoms with Crippen LogP contribution < -0.4 is 9.47 Å². The van der Waals surface area contributed by atoms with E-state index >= 15 is 0 Å². The largest absolute Gasteiger partial charge is 0.466 e. The van der Waals surface area contributed by atoms with Gasteiger partial charge in [-0.2, -0.15) is 0 Å². The third kappa shape index (κ3) is 3.37. The van der Waals surface area contributed by atoms with Crippen LogP contribution in [0.15, 0.2) is 49.3 Å². The zero-order valence-corrected chi connectivity index (χ0v) is 14.8. The lowest BCUT2D eigenvalue weighted by molar-refractivity contribution is 0.290. The minimum atomic E-state index is 0.144. The standard InChI is InChI=1S/C12H4Cl4O2.C4H4O2/c13-7-8(14)10(16)12-11(9(7)15)17-5-3-1-2-4-6(5)18-12;1-2-6-4-3-5-1/h1-4H;1-4H. The number of ether oxygens (including phenoxy) is 4. The topological polar surface area (TPSA) is 36.9 Å². The summed E-state index contributed by atoms with van der Waals surface area (Å²) in [4.78, 5) is 0. The maximum Gasteiger partial charge on any atom is 0.191 e. The summed E-state index contributed by atoms with van der Waals surface area (Å²) in [5.41, 5.74) is 0. The summed E-state index contributed by atoms with van der Waals surface area (Å²) >= 11 is 24.1. The van der Waals surface area contributed by atoms with Crippen molar-refractivity contribution in [2.45, 2.75) is 0 Å². The van der Waals surface area contributed by atoms with Crippen molar-refractivity contribution in [3.63, 3.8) is 0 Å². The van der Waals surface area contributed by atoms with Crippen molar-refractivity contribution in [3.8, 4) is 23.0 Å². The third-order valence-corrected chi connectivity index (χ3v) is 4.65. The predicted molar refractivity (Wildman–Crippen MR) is 93.5 cm³/mol. The fourth-order valence-corrected chi connectivity index (χ4v) is 2.73. The van der Waals surface area contributed by atoms with Crippen LogP contribution in [-0.2, 0) is 9.47 Å². The molecule has 24 heavy (non-hydrogen) atoms. The van der Waals surface area contributed by atoms with E-state index in [1.807, 2.05) is 12.1 Å². The quantitative estimate of drug-likeness (QED) is 0.293. The fraction of sp³-hybridized carbons (Fsp3) is 0. The lowest BCUT2D eigenvalue weighted by Crippen LogP contribution is -2.00. The van der Waals surface area contributed by atoms with Crippen LogP contribution in [0.25, 0.3) is 0 Å². The molecule has 0 atom stereocenters. The van der Waals surface area contributed by atoms with Gasteiger partial charge >= 0.3 is 0 Å². The van der Waals surface area contributed by atoms with Gasteiger partial charge in [0.1, 0.15) is 35.1 Å². The SMILES string of the molecule is C1=COC=CO1.Clc1c(Cl)c(Cl)c2c(c1Cl)Oc1ccccc1O2. The van der Waals surface area contributed by atoms with E-state index in [0.717, 1.165) is 0 Å². The Morgan fingerprint density at radius 1 is 0.542 bits per heavy atom. The van der Waals surface area contributed by atoms with Crippen LogP contribution in [0.4, 0.5) is 0 Å². The molecule has 0 amide bonds. The van der Waals surface area contributed by atoms with E-state index in [1.165, 1.54) is 25.0 Å². The molecular formula is C16H8Cl4O4. The average molecular weight is 406 g/mol. The Kier molecular flexibility index (Phi) is 5.31. The molecule has 0 N–H and O–H groups in total. The second-order valence-corrected chi connectivity index (χ2v) is 5.89. The molecule has 4 nitrogen and oxygen atoms in total. The van der Waals surface area contributed by atoms with E-state index in [1.54, 1.807) is 12.1 Å². The Morgan fingerprint density at radius 3 is 1.25 bits per heavy atom. The summed E-state index contributed by atoms with van der Waals surface area (Å²) < 4.78 is 20.4. The highest BCUT2D eigenvalue weighted by atomic mass is 35.5. The molecule has 0 spiro atoms. The number of benzene rings is 2. The fourth-order valence-electron chi connectivity index (χ4n) is 1.83. The summed E-state index contributed by atoms with van der Waals surface area (Å²) in [7, 11) is 0. The van der Waals surface area contributed by atoms with Gasteiger partial charge in [0.25, 0.3) is 0 Å². The molecule has 0 fully saturated rings. The molecule has 2 aromatic carbocycles. The molecule has 2 aromatic rings. The summed E-state index contributed by atoms with van der Waals surface area (Å²) in [6, 6.07) is 7.15. The third-order valence-electron chi connectivity index (χ3n) is 2.88. The predicted octanol–water partition coefficient (Wildman–Crippen LogP) is 7.17. The summed E-state index contributed by atoms with van der Waals surface area (Å²) in [5.74, 6) is 1.63. The van der Waals surface area contributed by atoms with Gasteiger partial charge in [-0.1, -0.05) is 58.5 Å². The van der Waals surface area contributed by atoms with E-state index in [0.29, 0.717) is 11.5 Å². The van der Waals surface area contributed by atoms with Crippen molar-refractivity contribution in [2.24, 2.45) is 0 Å². The molecule has 0 radical (unpaired) electrons. The van der Waals surface area contributed by atoms with Gasteiger partial charge in [-0.25, -0.2) is 0 Å². The Hall–Kier alpha value is -1.72. The van der Waals surface area contributed by atoms with Crippen LogP contribution in [0, 0.1) is 0 Å². The average Bonchev–Trinajstić information content (AvgIpc) is 2.65. The van der Waals surface area contributed by atoms with E-state index in [4.69, 9.17) is 55.9 Å². The lowest BCUT2D eigenvalue weighted by Gasteiger charge is -2.23. The monoisotopic (exact) mass is 404 g/mol. The molecule has 4 rings (SSSR count). The van der Waals surface area contributed by atoms with Crippen LogP contribution in [0.5, 0.6) is 23.0 Å². The normalized spacial score (nSPS) is 13.2. The van der Waals surface area contributed by atoms with Gasteiger partial charge in [0, 0.05) is 0 Å². The van der Waals surface area contributed by atoms with Crippen LogP contribution in [-0.4, -0.2) is 0 Å². The summed E-state index contributed by atoms with van der Waals surface area (Å²) in [6.45, 7) is 0. The molecule has 0 unspecified atom stereocenters. The highest BCUT2D eigenvalue weighted by molar-refractivity contribution is 6.53. The lowest BCUT2D eigenvalue weighted by atomic mass is 10.2. The second kappa shape index (κ2) is 7.45. The molecule has 2 aliphatic heterocycles. The molecule has 0 bridgehead atoms. The molecule has 0 saturated carbocycles. The van der Waals surface area contributed by atoms with Crippen LogP contribution in [0.3, 0.4) is 0 Å².